The lowest BCUT2D eigenvalue weighted by Gasteiger charge is -2.20. The molecule has 1 saturated carbocycles. The molecule has 82 valence electrons. The second kappa shape index (κ2) is 6.21. The zero-order valence-corrected chi connectivity index (χ0v) is 9.72. The number of rotatable bonds is 6. The smallest absolute Gasteiger partial charge is 0.136 e. The van der Waals surface area contributed by atoms with E-state index in [2.05, 4.69) is 13.8 Å². The number of hydrogen-bond donors (Lipinski definition) is 0. The molecule has 0 saturated heterocycles. The summed E-state index contributed by atoms with van der Waals surface area (Å²) >= 11 is 0. The quantitative estimate of drug-likeness (QED) is 0.588. The van der Waals surface area contributed by atoms with Gasteiger partial charge in [0, 0.05) is 12.3 Å². The molecule has 0 bridgehead atoms. The summed E-state index contributed by atoms with van der Waals surface area (Å²) in [6.07, 6.45) is 9.58. The molecule has 1 aliphatic rings. The van der Waals surface area contributed by atoms with Crippen molar-refractivity contribution in [2.45, 2.75) is 65.2 Å². The Kier molecular flexibility index (Phi) is 5.21. The number of unbranched alkanes of at least 4 members (excludes halogenated alkanes) is 2. The van der Waals surface area contributed by atoms with E-state index >= 15 is 0 Å². The minimum atomic E-state index is 0.428. The fourth-order valence-corrected chi connectivity index (χ4v) is 2.69. The SMILES string of the molecule is CCCCCC(CC)C1CCCC1=O. The largest absolute Gasteiger partial charge is 0.299 e. The average Bonchev–Trinajstić information content (AvgIpc) is 2.60. The van der Waals surface area contributed by atoms with Crippen molar-refractivity contribution in [3.8, 4) is 0 Å². The molecule has 1 aliphatic carbocycles. The summed E-state index contributed by atoms with van der Waals surface area (Å²) in [5, 5.41) is 0. The van der Waals surface area contributed by atoms with E-state index in [1.807, 2.05) is 0 Å². The van der Waals surface area contributed by atoms with Crippen LogP contribution in [0.25, 0.3) is 0 Å². The van der Waals surface area contributed by atoms with Crippen LogP contribution in [0.1, 0.15) is 65.2 Å². The van der Waals surface area contributed by atoms with Crippen LogP contribution in [-0.2, 0) is 4.79 Å². The summed E-state index contributed by atoms with van der Waals surface area (Å²) in [5.41, 5.74) is 0. The predicted molar refractivity (Wildman–Crippen MR) is 60.3 cm³/mol. The van der Waals surface area contributed by atoms with Crippen LogP contribution in [0.15, 0.2) is 0 Å². The van der Waals surface area contributed by atoms with E-state index in [1.165, 1.54) is 38.5 Å². The Balaban J connectivity index is 2.32. The van der Waals surface area contributed by atoms with E-state index in [4.69, 9.17) is 0 Å². The van der Waals surface area contributed by atoms with E-state index < -0.39 is 0 Å². The van der Waals surface area contributed by atoms with Crippen molar-refractivity contribution < 1.29 is 4.79 Å². The van der Waals surface area contributed by atoms with Crippen LogP contribution < -0.4 is 0 Å². The predicted octanol–water partition coefficient (Wildman–Crippen LogP) is 3.96. The van der Waals surface area contributed by atoms with Gasteiger partial charge in [0.1, 0.15) is 5.78 Å². The highest BCUT2D eigenvalue weighted by Crippen LogP contribution is 2.33. The molecule has 1 fully saturated rings. The average molecular weight is 196 g/mol. The molecule has 1 rings (SSSR count). The van der Waals surface area contributed by atoms with Gasteiger partial charge in [0.15, 0.2) is 0 Å². The van der Waals surface area contributed by atoms with Crippen molar-refractivity contribution in [2.24, 2.45) is 11.8 Å². The Hall–Kier alpha value is -0.330. The van der Waals surface area contributed by atoms with Crippen LogP contribution in [-0.4, -0.2) is 5.78 Å². The van der Waals surface area contributed by atoms with Crippen molar-refractivity contribution >= 4 is 5.78 Å². The number of carbonyl (C=O) groups is 1. The van der Waals surface area contributed by atoms with Gasteiger partial charge in [0.25, 0.3) is 0 Å². The zero-order valence-electron chi connectivity index (χ0n) is 9.72. The Labute approximate surface area is 88.3 Å². The molecule has 0 heterocycles. The fourth-order valence-electron chi connectivity index (χ4n) is 2.69. The summed E-state index contributed by atoms with van der Waals surface area (Å²) in [4.78, 5) is 11.6. The highest BCUT2D eigenvalue weighted by atomic mass is 16.1. The molecule has 1 nitrogen and oxygen atoms in total. The highest BCUT2D eigenvalue weighted by Gasteiger charge is 2.30. The van der Waals surface area contributed by atoms with Crippen LogP contribution in [0.5, 0.6) is 0 Å². The summed E-state index contributed by atoms with van der Waals surface area (Å²) in [5.74, 6) is 1.67. The summed E-state index contributed by atoms with van der Waals surface area (Å²) < 4.78 is 0. The third-order valence-corrected chi connectivity index (χ3v) is 3.62. The van der Waals surface area contributed by atoms with Crippen LogP contribution >= 0.6 is 0 Å². The summed E-state index contributed by atoms with van der Waals surface area (Å²) in [6, 6.07) is 0. The molecule has 0 amide bonds. The van der Waals surface area contributed by atoms with E-state index in [0.717, 1.165) is 12.8 Å². The second-order valence-electron chi connectivity index (χ2n) is 4.63. The minimum Gasteiger partial charge on any atom is -0.299 e. The molecule has 0 N–H and O–H groups in total. The van der Waals surface area contributed by atoms with Crippen molar-refractivity contribution in [3.05, 3.63) is 0 Å². The van der Waals surface area contributed by atoms with Crippen LogP contribution in [0.2, 0.25) is 0 Å². The zero-order chi connectivity index (χ0) is 10.4. The van der Waals surface area contributed by atoms with Gasteiger partial charge in [-0.2, -0.15) is 0 Å². The number of hydrogen-bond acceptors (Lipinski definition) is 1. The van der Waals surface area contributed by atoms with Gasteiger partial charge in [-0.25, -0.2) is 0 Å². The van der Waals surface area contributed by atoms with Gasteiger partial charge in [-0.05, 0) is 25.2 Å². The Bertz CT molecular complexity index is 174. The molecular weight excluding hydrogens is 172 g/mol. The van der Waals surface area contributed by atoms with Gasteiger partial charge < -0.3 is 0 Å². The van der Waals surface area contributed by atoms with Crippen molar-refractivity contribution in [1.82, 2.24) is 0 Å². The Morgan fingerprint density at radius 1 is 1.36 bits per heavy atom. The topological polar surface area (TPSA) is 17.1 Å². The standard InChI is InChI=1S/C13H24O/c1-3-5-6-8-11(4-2)12-9-7-10-13(12)14/h11-12H,3-10H2,1-2H3. The van der Waals surface area contributed by atoms with E-state index in [-0.39, 0.29) is 0 Å². The lowest BCUT2D eigenvalue weighted by molar-refractivity contribution is -0.122. The highest BCUT2D eigenvalue weighted by molar-refractivity contribution is 5.83. The number of ketones is 1. The lowest BCUT2D eigenvalue weighted by Crippen LogP contribution is -2.18. The third kappa shape index (κ3) is 3.11. The molecule has 2 atom stereocenters. The van der Waals surface area contributed by atoms with Gasteiger partial charge in [-0.15, -0.1) is 0 Å². The third-order valence-electron chi connectivity index (χ3n) is 3.62. The molecule has 0 aromatic rings. The molecular formula is C13H24O. The van der Waals surface area contributed by atoms with Gasteiger partial charge in [-0.3, -0.25) is 4.79 Å². The maximum absolute atomic E-state index is 11.6. The second-order valence-corrected chi connectivity index (χ2v) is 4.63. The normalized spacial score (nSPS) is 24.1. The van der Waals surface area contributed by atoms with Gasteiger partial charge in [0.2, 0.25) is 0 Å². The Morgan fingerprint density at radius 2 is 2.14 bits per heavy atom. The molecule has 2 unspecified atom stereocenters. The first-order valence-electron chi connectivity index (χ1n) is 6.32. The number of Topliss-reactive ketones (excluding diaryl/α,β-unsaturated/α-hetero) is 1. The number of carbonyl (C=O) groups excluding carboxylic acids is 1. The monoisotopic (exact) mass is 196 g/mol. The van der Waals surface area contributed by atoms with Crippen molar-refractivity contribution in [1.29, 1.82) is 0 Å². The van der Waals surface area contributed by atoms with Gasteiger partial charge in [0.05, 0.1) is 0 Å². The van der Waals surface area contributed by atoms with Gasteiger partial charge in [-0.1, -0.05) is 39.5 Å². The maximum Gasteiger partial charge on any atom is 0.136 e. The molecule has 0 aliphatic heterocycles. The van der Waals surface area contributed by atoms with E-state index in [0.29, 0.717) is 17.6 Å². The van der Waals surface area contributed by atoms with E-state index in [1.54, 1.807) is 0 Å². The molecule has 0 aromatic heterocycles. The minimum absolute atomic E-state index is 0.428. The fraction of sp³-hybridized carbons (Fsp3) is 0.923. The first kappa shape index (κ1) is 11.7. The molecule has 0 radical (unpaired) electrons. The van der Waals surface area contributed by atoms with Crippen molar-refractivity contribution in [3.63, 3.8) is 0 Å². The molecule has 14 heavy (non-hydrogen) atoms. The molecule has 1 heteroatoms. The van der Waals surface area contributed by atoms with Crippen LogP contribution in [0.4, 0.5) is 0 Å². The van der Waals surface area contributed by atoms with Crippen LogP contribution in [0, 0.1) is 11.8 Å². The van der Waals surface area contributed by atoms with Crippen LogP contribution in [0.3, 0.4) is 0 Å². The lowest BCUT2D eigenvalue weighted by atomic mass is 9.84. The van der Waals surface area contributed by atoms with Gasteiger partial charge >= 0.3 is 0 Å². The first-order chi connectivity index (χ1) is 6.79. The van der Waals surface area contributed by atoms with E-state index in [9.17, 15) is 4.79 Å². The molecule has 0 spiro atoms. The van der Waals surface area contributed by atoms with Crippen molar-refractivity contribution in [2.75, 3.05) is 0 Å². The molecule has 0 aromatic carbocycles. The maximum atomic E-state index is 11.6. The first-order valence-corrected chi connectivity index (χ1v) is 6.32. The Morgan fingerprint density at radius 3 is 2.64 bits per heavy atom. The summed E-state index contributed by atoms with van der Waals surface area (Å²) in [7, 11) is 0. The summed E-state index contributed by atoms with van der Waals surface area (Å²) in [6.45, 7) is 4.48.